The summed E-state index contributed by atoms with van der Waals surface area (Å²) in [6.07, 6.45) is 1.50. The summed E-state index contributed by atoms with van der Waals surface area (Å²) in [4.78, 5) is 3.82. The Labute approximate surface area is 120 Å². The molecular formula is C11H6BrClF2N2S. The van der Waals surface area contributed by atoms with Crippen molar-refractivity contribution in [1.82, 2.24) is 4.98 Å². The van der Waals surface area contributed by atoms with Gasteiger partial charge >= 0.3 is 0 Å². The van der Waals surface area contributed by atoms with Crippen LogP contribution in [0.2, 0.25) is 5.02 Å². The van der Waals surface area contributed by atoms with E-state index in [1.165, 1.54) is 6.20 Å². The minimum atomic E-state index is -0.738. The molecule has 0 atom stereocenters. The van der Waals surface area contributed by atoms with E-state index in [0.717, 1.165) is 23.9 Å². The SMILES string of the molecule is Nc1cc(F)c(Sc2ncc(Br)cc2Cl)c(F)c1. The van der Waals surface area contributed by atoms with E-state index in [4.69, 9.17) is 17.3 Å². The molecule has 94 valence electrons. The zero-order valence-electron chi connectivity index (χ0n) is 8.75. The van der Waals surface area contributed by atoms with Gasteiger partial charge in [0, 0.05) is 16.4 Å². The van der Waals surface area contributed by atoms with Gasteiger partial charge in [-0.3, -0.25) is 0 Å². The Kier molecular flexibility index (Phi) is 4.09. The molecule has 0 saturated heterocycles. The van der Waals surface area contributed by atoms with Crippen LogP contribution in [0.25, 0.3) is 0 Å². The molecule has 0 amide bonds. The van der Waals surface area contributed by atoms with Gasteiger partial charge in [-0.15, -0.1) is 0 Å². The topological polar surface area (TPSA) is 38.9 Å². The summed E-state index contributed by atoms with van der Waals surface area (Å²) in [7, 11) is 0. The lowest BCUT2D eigenvalue weighted by molar-refractivity contribution is 0.541. The Balaban J connectivity index is 2.40. The molecule has 2 nitrogen and oxygen atoms in total. The minimum absolute atomic E-state index is 0.0317. The van der Waals surface area contributed by atoms with Gasteiger partial charge in [0.15, 0.2) is 0 Å². The van der Waals surface area contributed by atoms with Crippen molar-refractivity contribution in [3.8, 4) is 0 Å². The lowest BCUT2D eigenvalue weighted by Gasteiger charge is -2.06. The summed E-state index contributed by atoms with van der Waals surface area (Å²) in [5.74, 6) is -1.48. The summed E-state index contributed by atoms with van der Waals surface area (Å²) in [5, 5.41) is 0.632. The second kappa shape index (κ2) is 5.42. The Hall–Kier alpha value is -0.850. The molecule has 2 aromatic rings. The lowest BCUT2D eigenvalue weighted by Crippen LogP contribution is -1.94. The van der Waals surface area contributed by atoms with Crippen LogP contribution in [0.5, 0.6) is 0 Å². The van der Waals surface area contributed by atoms with Crippen LogP contribution in [0.1, 0.15) is 0 Å². The largest absolute Gasteiger partial charge is 0.399 e. The highest BCUT2D eigenvalue weighted by molar-refractivity contribution is 9.10. The predicted molar refractivity (Wildman–Crippen MR) is 71.8 cm³/mol. The van der Waals surface area contributed by atoms with Gasteiger partial charge < -0.3 is 5.73 Å². The fraction of sp³-hybridized carbons (Fsp3) is 0. The predicted octanol–water partition coefficient (Wildman–Crippen LogP) is 4.51. The first kappa shape index (κ1) is 13.6. The molecule has 1 aromatic heterocycles. The Morgan fingerprint density at radius 1 is 1.22 bits per heavy atom. The first-order chi connectivity index (χ1) is 8.47. The van der Waals surface area contributed by atoms with Gasteiger partial charge in [0.1, 0.15) is 16.7 Å². The molecule has 7 heteroatoms. The van der Waals surface area contributed by atoms with Crippen LogP contribution in [0.15, 0.2) is 38.8 Å². The number of nitrogen functional groups attached to an aromatic ring is 1. The monoisotopic (exact) mass is 350 g/mol. The fourth-order valence-electron chi connectivity index (χ4n) is 1.25. The van der Waals surface area contributed by atoms with E-state index < -0.39 is 11.6 Å². The third kappa shape index (κ3) is 2.93. The molecule has 0 bridgehead atoms. The smallest absolute Gasteiger partial charge is 0.142 e. The van der Waals surface area contributed by atoms with Crippen molar-refractivity contribution in [2.45, 2.75) is 9.92 Å². The van der Waals surface area contributed by atoms with E-state index in [9.17, 15) is 8.78 Å². The number of pyridine rings is 1. The van der Waals surface area contributed by atoms with E-state index >= 15 is 0 Å². The Morgan fingerprint density at radius 2 is 1.83 bits per heavy atom. The van der Waals surface area contributed by atoms with Crippen LogP contribution in [-0.2, 0) is 0 Å². The van der Waals surface area contributed by atoms with Crippen LogP contribution >= 0.6 is 39.3 Å². The number of hydrogen-bond acceptors (Lipinski definition) is 3. The maximum atomic E-state index is 13.6. The molecule has 0 fully saturated rings. The number of nitrogens with zero attached hydrogens (tertiary/aromatic N) is 1. The second-order valence-corrected chi connectivity index (χ2v) is 5.68. The molecule has 0 spiro atoms. The molecular weight excluding hydrogens is 346 g/mol. The molecule has 2 N–H and O–H groups in total. The van der Waals surface area contributed by atoms with E-state index in [0.29, 0.717) is 14.5 Å². The standard InChI is InChI=1S/C11H6BrClF2N2S/c12-5-1-7(13)11(17-4-5)18-10-8(14)2-6(16)3-9(10)15/h1-4H,16H2. The molecule has 0 unspecified atom stereocenters. The first-order valence-corrected chi connectivity index (χ1v) is 6.69. The lowest BCUT2D eigenvalue weighted by atomic mass is 10.3. The second-order valence-electron chi connectivity index (χ2n) is 3.36. The van der Waals surface area contributed by atoms with Crippen LogP contribution in [0.4, 0.5) is 14.5 Å². The van der Waals surface area contributed by atoms with Gasteiger partial charge in [-0.25, -0.2) is 13.8 Å². The van der Waals surface area contributed by atoms with Crippen LogP contribution in [0.3, 0.4) is 0 Å². The van der Waals surface area contributed by atoms with E-state index in [1.807, 2.05) is 0 Å². The molecule has 0 radical (unpaired) electrons. The van der Waals surface area contributed by atoms with Crippen molar-refractivity contribution in [2.75, 3.05) is 5.73 Å². The van der Waals surface area contributed by atoms with Gasteiger partial charge in [0.25, 0.3) is 0 Å². The van der Waals surface area contributed by atoms with Crippen molar-refractivity contribution in [2.24, 2.45) is 0 Å². The number of aromatic nitrogens is 1. The number of halogens is 4. The summed E-state index contributed by atoms with van der Waals surface area (Å²) in [6, 6.07) is 3.71. The third-order valence-corrected chi connectivity index (χ3v) is 3.94. The average Bonchev–Trinajstić information content (AvgIpc) is 2.25. The highest BCUT2D eigenvalue weighted by Crippen LogP contribution is 2.36. The Bertz CT molecular complexity index is 587. The number of anilines is 1. The molecule has 18 heavy (non-hydrogen) atoms. The Morgan fingerprint density at radius 3 is 2.39 bits per heavy atom. The summed E-state index contributed by atoms with van der Waals surface area (Å²) < 4.78 is 27.9. The van der Waals surface area contributed by atoms with Crippen molar-refractivity contribution >= 4 is 45.0 Å². The number of rotatable bonds is 2. The highest BCUT2D eigenvalue weighted by atomic mass is 79.9. The molecule has 1 heterocycles. The van der Waals surface area contributed by atoms with Crippen molar-refractivity contribution < 1.29 is 8.78 Å². The summed E-state index contributed by atoms with van der Waals surface area (Å²) in [5.41, 5.74) is 5.37. The maximum absolute atomic E-state index is 13.6. The molecule has 0 saturated carbocycles. The average molecular weight is 352 g/mol. The van der Waals surface area contributed by atoms with Gasteiger partial charge in [0.2, 0.25) is 0 Å². The zero-order valence-corrected chi connectivity index (χ0v) is 11.9. The number of benzene rings is 1. The van der Waals surface area contributed by atoms with Crippen molar-refractivity contribution in [3.63, 3.8) is 0 Å². The highest BCUT2D eigenvalue weighted by Gasteiger charge is 2.14. The fourth-order valence-corrected chi connectivity index (χ4v) is 2.76. The van der Waals surface area contributed by atoms with Gasteiger partial charge in [-0.05, 0) is 34.1 Å². The molecule has 0 aliphatic heterocycles. The van der Waals surface area contributed by atoms with Gasteiger partial charge in [0.05, 0.1) is 9.92 Å². The maximum Gasteiger partial charge on any atom is 0.142 e. The van der Waals surface area contributed by atoms with Gasteiger partial charge in [-0.2, -0.15) is 0 Å². The first-order valence-electron chi connectivity index (χ1n) is 4.71. The summed E-state index contributed by atoms with van der Waals surface area (Å²) >= 11 is 9.95. The van der Waals surface area contributed by atoms with Crippen LogP contribution in [-0.4, -0.2) is 4.98 Å². The van der Waals surface area contributed by atoms with Crippen LogP contribution < -0.4 is 5.73 Å². The third-order valence-electron chi connectivity index (χ3n) is 1.99. The summed E-state index contributed by atoms with van der Waals surface area (Å²) in [6.45, 7) is 0. The van der Waals surface area contributed by atoms with Crippen LogP contribution in [0, 0.1) is 11.6 Å². The van der Waals surface area contributed by atoms with Crippen molar-refractivity contribution in [1.29, 1.82) is 0 Å². The van der Waals surface area contributed by atoms with Crippen molar-refractivity contribution in [3.05, 3.63) is 45.5 Å². The minimum Gasteiger partial charge on any atom is -0.399 e. The van der Waals surface area contributed by atoms with E-state index in [1.54, 1.807) is 6.07 Å². The number of hydrogen-bond donors (Lipinski definition) is 1. The molecule has 1 aromatic carbocycles. The normalized spacial score (nSPS) is 10.7. The molecule has 2 rings (SSSR count). The number of nitrogens with two attached hydrogens (primary N) is 1. The van der Waals surface area contributed by atoms with Gasteiger partial charge in [-0.1, -0.05) is 23.4 Å². The quantitative estimate of drug-likeness (QED) is 0.809. The van der Waals surface area contributed by atoms with E-state index in [-0.39, 0.29) is 10.6 Å². The van der Waals surface area contributed by atoms with E-state index in [2.05, 4.69) is 20.9 Å². The zero-order chi connectivity index (χ0) is 13.3. The molecule has 0 aliphatic carbocycles. The molecule has 0 aliphatic rings.